The number of ether oxygens (including phenoxy) is 2. The molecule has 2 aromatic heterocycles. The monoisotopic (exact) mass is 367 g/mol. The molecule has 0 spiro atoms. The number of methoxy groups -OCH3 is 1. The summed E-state index contributed by atoms with van der Waals surface area (Å²) >= 11 is 0. The van der Waals surface area contributed by atoms with E-state index in [1.807, 2.05) is 35.0 Å². The van der Waals surface area contributed by atoms with Gasteiger partial charge in [0.25, 0.3) is 5.91 Å². The van der Waals surface area contributed by atoms with Gasteiger partial charge in [0.15, 0.2) is 0 Å². The first-order chi connectivity index (χ1) is 13.2. The molecule has 7 nitrogen and oxygen atoms in total. The number of benzene rings is 1. The highest BCUT2D eigenvalue weighted by Gasteiger charge is 2.08. The molecule has 2 heterocycles. The lowest BCUT2D eigenvalue weighted by Gasteiger charge is -2.08. The van der Waals surface area contributed by atoms with Gasteiger partial charge in [0.1, 0.15) is 18.0 Å². The summed E-state index contributed by atoms with van der Waals surface area (Å²) < 4.78 is 12.3. The van der Waals surface area contributed by atoms with E-state index in [2.05, 4.69) is 15.0 Å². The first kappa shape index (κ1) is 18.4. The Morgan fingerprint density at radius 3 is 2.89 bits per heavy atom. The average molecular weight is 367 g/mol. The number of rotatable bonds is 8. The third-order valence-corrected chi connectivity index (χ3v) is 3.97. The van der Waals surface area contributed by atoms with Crippen LogP contribution >= 0.6 is 0 Å². The van der Waals surface area contributed by atoms with Crippen molar-refractivity contribution in [2.24, 2.45) is 0 Å². The number of amides is 1. The number of nitrogens with zero attached hydrogens (tertiary/aromatic N) is 2. The van der Waals surface area contributed by atoms with Crippen LogP contribution < -0.4 is 10.1 Å². The summed E-state index contributed by atoms with van der Waals surface area (Å²) in [5.41, 5.74) is 2.16. The molecule has 140 valence electrons. The van der Waals surface area contributed by atoms with E-state index < -0.39 is 0 Å². The molecule has 0 aliphatic heterocycles. The average Bonchev–Trinajstić information content (AvgIpc) is 3.12. The van der Waals surface area contributed by atoms with Crippen LogP contribution in [0.2, 0.25) is 0 Å². The van der Waals surface area contributed by atoms with Crippen molar-refractivity contribution in [3.05, 3.63) is 66.1 Å². The van der Waals surface area contributed by atoms with Crippen molar-refractivity contribution >= 4 is 17.5 Å². The van der Waals surface area contributed by atoms with Crippen molar-refractivity contribution in [3.8, 4) is 5.75 Å². The molecule has 7 heteroatoms. The number of imidazole rings is 1. The van der Waals surface area contributed by atoms with Gasteiger partial charge < -0.3 is 19.2 Å². The van der Waals surface area contributed by atoms with Crippen LogP contribution in [-0.4, -0.2) is 34.9 Å². The van der Waals surface area contributed by atoms with Crippen molar-refractivity contribution in [1.29, 1.82) is 0 Å². The number of pyridine rings is 1. The second-order valence-electron chi connectivity index (χ2n) is 5.95. The van der Waals surface area contributed by atoms with Gasteiger partial charge in [-0.3, -0.25) is 9.59 Å². The van der Waals surface area contributed by atoms with Gasteiger partial charge in [0, 0.05) is 30.9 Å². The van der Waals surface area contributed by atoms with Gasteiger partial charge in [-0.05, 0) is 36.8 Å². The van der Waals surface area contributed by atoms with Crippen LogP contribution in [0.3, 0.4) is 0 Å². The van der Waals surface area contributed by atoms with Gasteiger partial charge in [0.2, 0.25) is 0 Å². The quantitative estimate of drug-likeness (QED) is 0.489. The number of hydrogen-bond acceptors (Lipinski definition) is 5. The largest absolute Gasteiger partial charge is 0.487 e. The van der Waals surface area contributed by atoms with E-state index in [1.165, 1.54) is 7.11 Å². The number of fused-ring (bicyclic) bond motifs is 1. The number of esters is 1. The highest BCUT2D eigenvalue weighted by Crippen LogP contribution is 2.15. The summed E-state index contributed by atoms with van der Waals surface area (Å²) in [5.74, 6) is 0.0962. The summed E-state index contributed by atoms with van der Waals surface area (Å²) in [6.45, 7) is 0.714. The summed E-state index contributed by atoms with van der Waals surface area (Å²) in [7, 11) is 1.35. The number of carbonyl (C=O) groups excluding carboxylic acids is 2. The number of aromatic nitrogens is 2. The molecular formula is C20H21N3O4. The predicted octanol–water partition coefficient (Wildman–Crippen LogP) is 2.60. The third kappa shape index (κ3) is 5.07. The molecule has 0 saturated carbocycles. The normalized spacial score (nSPS) is 10.6. The Kier molecular flexibility index (Phi) is 6.04. The Hall–Kier alpha value is -3.35. The number of nitrogens with one attached hydrogen (secondary N) is 1. The van der Waals surface area contributed by atoms with Gasteiger partial charge in [-0.15, -0.1) is 0 Å². The van der Waals surface area contributed by atoms with Gasteiger partial charge >= 0.3 is 5.97 Å². The van der Waals surface area contributed by atoms with E-state index in [1.54, 1.807) is 24.3 Å². The highest BCUT2D eigenvalue weighted by molar-refractivity contribution is 5.94. The van der Waals surface area contributed by atoms with E-state index in [-0.39, 0.29) is 18.3 Å². The maximum absolute atomic E-state index is 12.2. The van der Waals surface area contributed by atoms with Crippen molar-refractivity contribution in [3.63, 3.8) is 0 Å². The number of hydrogen-bond donors (Lipinski definition) is 1. The molecule has 0 atom stereocenters. The minimum absolute atomic E-state index is 0.210. The zero-order valence-corrected chi connectivity index (χ0v) is 15.1. The molecule has 3 aromatic rings. The Balaban J connectivity index is 1.53. The topological polar surface area (TPSA) is 81.9 Å². The van der Waals surface area contributed by atoms with Crippen LogP contribution in [-0.2, 0) is 16.1 Å². The van der Waals surface area contributed by atoms with Gasteiger partial charge in [-0.2, -0.15) is 0 Å². The summed E-state index contributed by atoms with van der Waals surface area (Å²) in [6, 6.07) is 12.8. The molecule has 27 heavy (non-hydrogen) atoms. The summed E-state index contributed by atoms with van der Waals surface area (Å²) in [6.07, 6.45) is 4.64. The van der Waals surface area contributed by atoms with Crippen LogP contribution in [0.5, 0.6) is 5.75 Å². The van der Waals surface area contributed by atoms with Crippen LogP contribution in [0.1, 0.15) is 28.9 Å². The maximum atomic E-state index is 12.2. The molecule has 0 unspecified atom stereocenters. The standard InChI is InChI=1S/C20H21N3O4/c1-26-19(24)9-5-10-21-20(25)15-6-4-7-17(12-15)27-14-16-13-23-11-3-2-8-18(23)22-16/h2-4,6-8,11-13H,5,9-10,14H2,1H3,(H,21,25). The Morgan fingerprint density at radius 2 is 2.07 bits per heavy atom. The van der Waals surface area contributed by atoms with E-state index >= 15 is 0 Å². The third-order valence-electron chi connectivity index (χ3n) is 3.97. The smallest absolute Gasteiger partial charge is 0.305 e. The van der Waals surface area contributed by atoms with Crippen LogP contribution in [0.4, 0.5) is 0 Å². The Bertz CT molecular complexity index is 903. The fourth-order valence-corrected chi connectivity index (χ4v) is 2.58. The Morgan fingerprint density at radius 1 is 1.19 bits per heavy atom. The Labute approximate surface area is 156 Å². The molecule has 1 amide bonds. The van der Waals surface area contributed by atoms with Crippen molar-refractivity contribution < 1.29 is 19.1 Å². The molecule has 1 N–H and O–H groups in total. The molecule has 0 radical (unpaired) electrons. The van der Waals surface area contributed by atoms with Crippen molar-refractivity contribution in [2.45, 2.75) is 19.4 Å². The lowest BCUT2D eigenvalue weighted by Crippen LogP contribution is -2.25. The molecule has 0 saturated heterocycles. The van der Waals surface area contributed by atoms with Crippen molar-refractivity contribution in [2.75, 3.05) is 13.7 Å². The predicted molar refractivity (Wildman–Crippen MR) is 99.5 cm³/mol. The molecule has 0 aliphatic rings. The number of carbonyl (C=O) groups is 2. The van der Waals surface area contributed by atoms with E-state index in [0.29, 0.717) is 30.9 Å². The zero-order valence-electron chi connectivity index (χ0n) is 15.1. The maximum Gasteiger partial charge on any atom is 0.305 e. The SMILES string of the molecule is COC(=O)CCCNC(=O)c1cccc(OCc2cn3ccccc3n2)c1. The lowest BCUT2D eigenvalue weighted by molar-refractivity contribution is -0.140. The molecule has 0 bridgehead atoms. The second-order valence-corrected chi connectivity index (χ2v) is 5.95. The molecule has 0 aliphatic carbocycles. The minimum atomic E-state index is -0.286. The van der Waals surface area contributed by atoms with Crippen LogP contribution in [0.25, 0.3) is 5.65 Å². The molecule has 3 rings (SSSR count). The van der Waals surface area contributed by atoms with Gasteiger partial charge in [-0.25, -0.2) is 4.98 Å². The van der Waals surface area contributed by atoms with E-state index in [0.717, 1.165) is 11.3 Å². The first-order valence-corrected chi connectivity index (χ1v) is 8.66. The van der Waals surface area contributed by atoms with Crippen molar-refractivity contribution in [1.82, 2.24) is 14.7 Å². The van der Waals surface area contributed by atoms with Gasteiger partial charge in [-0.1, -0.05) is 12.1 Å². The van der Waals surface area contributed by atoms with E-state index in [9.17, 15) is 9.59 Å². The van der Waals surface area contributed by atoms with Crippen LogP contribution in [0.15, 0.2) is 54.9 Å². The summed E-state index contributed by atoms with van der Waals surface area (Å²) in [5, 5.41) is 2.78. The summed E-state index contributed by atoms with van der Waals surface area (Å²) in [4.78, 5) is 27.7. The molecule has 1 aromatic carbocycles. The fourth-order valence-electron chi connectivity index (χ4n) is 2.58. The van der Waals surface area contributed by atoms with Gasteiger partial charge in [0.05, 0.1) is 12.8 Å². The lowest BCUT2D eigenvalue weighted by atomic mass is 10.2. The van der Waals surface area contributed by atoms with Crippen LogP contribution in [0, 0.1) is 0 Å². The first-order valence-electron chi connectivity index (χ1n) is 8.66. The van der Waals surface area contributed by atoms with E-state index in [4.69, 9.17) is 4.74 Å². The molecular weight excluding hydrogens is 346 g/mol. The fraction of sp³-hybridized carbons (Fsp3) is 0.250. The molecule has 0 fully saturated rings. The second kappa shape index (κ2) is 8.84. The minimum Gasteiger partial charge on any atom is -0.487 e. The zero-order chi connectivity index (χ0) is 19.1. The highest BCUT2D eigenvalue weighted by atomic mass is 16.5.